The highest BCUT2D eigenvalue weighted by Crippen LogP contribution is 2.44. The Hall–Kier alpha value is -2.18. The zero-order chi connectivity index (χ0) is 21.4. The van der Waals surface area contributed by atoms with Crippen LogP contribution in [0.3, 0.4) is 0 Å². The molecular weight excluding hydrogens is 412 g/mol. The molecule has 164 valence electrons. The third-order valence-electron chi connectivity index (χ3n) is 7.35. The molecule has 1 saturated carbocycles. The second-order valence-corrected chi connectivity index (χ2v) is 9.69. The number of halogens is 1. The van der Waals surface area contributed by atoms with E-state index in [9.17, 15) is 9.90 Å². The number of likely N-dealkylation sites (tertiary alicyclic amines) is 1. The first-order chi connectivity index (χ1) is 15.1. The molecule has 1 spiro atoms. The van der Waals surface area contributed by atoms with Gasteiger partial charge in [0.25, 0.3) is 0 Å². The number of anilines is 1. The molecule has 4 heterocycles. The largest absolute Gasteiger partial charge is 0.393 e. The number of nitrogens with zero attached hydrogens (tertiary/aromatic N) is 4. The summed E-state index contributed by atoms with van der Waals surface area (Å²) < 4.78 is 0. The van der Waals surface area contributed by atoms with Gasteiger partial charge in [0, 0.05) is 55.4 Å². The SMILES string of the molecule is O=C1N([C@H]2CC[C@@H](O)CC2)CCC12CCCN(c1ncc(-c3cccnc3)cc1Cl)C2. The van der Waals surface area contributed by atoms with Crippen LogP contribution in [0.15, 0.2) is 36.8 Å². The molecule has 1 unspecified atom stereocenters. The number of hydrogen-bond acceptors (Lipinski definition) is 5. The van der Waals surface area contributed by atoms with E-state index in [-0.39, 0.29) is 17.6 Å². The second-order valence-electron chi connectivity index (χ2n) is 9.29. The van der Waals surface area contributed by atoms with E-state index in [0.29, 0.717) is 17.5 Å². The van der Waals surface area contributed by atoms with Crippen LogP contribution in [0.25, 0.3) is 11.1 Å². The normalized spacial score (nSPS) is 29.0. The number of amides is 1. The van der Waals surface area contributed by atoms with Crippen molar-refractivity contribution in [2.24, 2.45) is 5.41 Å². The number of carbonyl (C=O) groups is 1. The molecule has 31 heavy (non-hydrogen) atoms. The van der Waals surface area contributed by atoms with Gasteiger partial charge in [-0.05, 0) is 57.1 Å². The van der Waals surface area contributed by atoms with Gasteiger partial charge in [-0.15, -0.1) is 0 Å². The molecule has 2 saturated heterocycles. The number of aromatic nitrogens is 2. The lowest BCUT2D eigenvalue weighted by atomic mass is 9.78. The predicted molar refractivity (Wildman–Crippen MR) is 121 cm³/mol. The number of aliphatic hydroxyl groups excluding tert-OH is 1. The topological polar surface area (TPSA) is 69.6 Å². The number of pyridine rings is 2. The molecule has 2 aliphatic heterocycles. The van der Waals surface area contributed by atoms with Crippen molar-refractivity contribution in [2.75, 3.05) is 24.5 Å². The average Bonchev–Trinajstić information content (AvgIpc) is 3.10. The summed E-state index contributed by atoms with van der Waals surface area (Å²) in [6.45, 7) is 2.37. The third kappa shape index (κ3) is 3.92. The van der Waals surface area contributed by atoms with Crippen LogP contribution in [0.4, 0.5) is 5.82 Å². The average molecular weight is 441 g/mol. The monoisotopic (exact) mass is 440 g/mol. The summed E-state index contributed by atoms with van der Waals surface area (Å²) in [7, 11) is 0. The maximum atomic E-state index is 13.5. The minimum Gasteiger partial charge on any atom is -0.393 e. The van der Waals surface area contributed by atoms with Crippen LogP contribution in [-0.2, 0) is 4.79 Å². The summed E-state index contributed by atoms with van der Waals surface area (Å²) in [5.41, 5.74) is 1.59. The number of rotatable bonds is 3. The van der Waals surface area contributed by atoms with Crippen molar-refractivity contribution in [3.63, 3.8) is 0 Å². The Balaban J connectivity index is 1.33. The Bertz CT molecular complexity index is 948. The Labute approximate surface area is 188 Å². The molecule has 1 amide bonds. The highest BCUT2D eigenvalue weighted by atomic mass is 35.5. The van der Waals surface area contributed by atoms with Crippen LogP contribution < -0.4 is 4.90 Å². The molecule has 5 rings (SSSR count). The third-order valence-corrected chi connectivity index (χ3v) is 7.62. The van der Waals surface area contributed by atoms with E-state index in [0.717, 1.165) is 75.0 Å². The second kappa shape index (κ2) is 8.40. The minimum atomic E-state index is -0.332. The summed E-state index contributed by atoms with van der Waals surface area (Å²) in [6.07, 6.45) is 11.4. The van der Waals surface area contributed by atoms with Crippen molar-refractivity contribution in [2.45, 2.75) is 57.1 Å². The quantitative estimate of drug-likeness (QED) is 0.783. The summed E-state index contributed by atoms with van der Waals surface area (Å²) in [4.78, 5) is 26.7. The zero-order valence-electron chi connectivity index (χ0n) is 17.7. The first-order valence-electron chi connectivity index (χ1n) is 11.4. The lowest BCUT2D eigenvalue weighted by Gasteiger charge is -2.41. The summed E-state index contributed by atoms with van der Waals surface area (Å²) in [5.74, 6) is 1.06. The van der Waals surface area contributed by atoms with Crippen LogP contribution in [0.1, 0.15) is 44.9 Å². The van der Waals surface area contributed by atoms with Crippen molar-refractivity contribution in [3.05, 3.63) is 41.8 Å². The van der Waals surface area contributed by atoms with E-state index >= 15 is 0 Å². The maximum absolute atomic E-state index is 13.5. The van der Waals surface area contributed by atoms with E-state index in [1.165, 1.54) is 0 Å². The van der Waals surface area contributed by atoms with Crippen LogP contribution in [0.5, 0.6) is 0 Å². The molecule has 6 nitrogen and oxygen atoms in total. The molecule has 3 aliphatic rings. The predicted octanol–water partition coefficient (Wildman–Crippen LogP) is 3.92. The van der Waals surface area contributed by atoms with Gasteiger partial charge < -0.3 is 14.9 Å². The van der Waals surface area contributed by atoms with Gasteiger partial charge >= 0.3 is 0 Å². The van der Waals surface area contributed by atoms with Gasteiger partial charge in [-0.3, -0.25) is 9.78 Å². The van der Waals surface area contributed by atoms with Gasteiger partial charge in [0.05, 0.1) is 16.5 Å². The standard InChI is InChI=1S/C24H29ClN4O2/c25-21-13-18(17-3-1-10-26-14-17)15-27-22(21)28-11-2-8-24(16-28)9-12-29(23(24)31)19-4-6-20(30)7-5-19/h1,3,10,13-15,19-20,30H,2,4-9,11-12,16H2/t19-,20+,24?. The molecular formula is C24H29ClN4O2. The molecule has 1 aliphatic carbocycles. The molecule has 0 radical (unpaired) electrons. The lowest BCUT2D eigenvalue weighted by Crippen LogP contribution is -2.50. The van der Waals surface area contributed by atoms with E-state index in [2.05, 4.69) is 19.8 Å². The highest BCUT2D eigenvalue weighted by molar-refractivity contribution is 6.33. The molecule has 2 aromatic heterocycles. The molecule has 2 aromatic rings. The number of hydrogen-bond donors (Lipinski definition) is 1. The molecule has 0 aromatic carbocycles. The Kier molecular flexibility index (Phi) is 5.61. The fraction of sp³-hybridized carbons (Fsp3) is 0.542. The van der Waals surface area contributed by atoms with Crippen molar-refractivity contribution in [3.8, 4) is 11.1 Å². The fourth-order valence-corrected chi connectivity index (χ4v) is 5.90. The number of piperidine rings is 1. The van der Waals surface area contributed by atoms with Gasteiger partial charge in [-0.2, -0.15) is 0 Å². The fourth-order valence-electron chi connectivity index (χ4n) is 5.61. The van der Waals surface area contributed by atoms with E-state index in [1.807, 2.05) is 24.4 Å². The van der Waals surface area contributed by atoms with Crippen LogP contribution in [-0.4, -0.2) is 57.7 Å². The summed E-state index contributed by atoms with van der Waals surface area (Å²) in [6, 6.07) is 6.12. The van der Waals surface area contributed by atoms with E-state index in [1.54, 1.807) is 12.4 Å². The van der Waals surface area contributed by atoms with E-state index in [4.69, 9.17) is 11.6 Å². The van der Waals surface area contributed by atoms with Gasteiger partial charge in [0.15, 0.2) is 0 Å². The summed E-state index contributed by atoms with van der Waals surface area (Å²) >= 11 is 6.66. The van der Waals surface area contributed by atoms with Crippen molar-refractivity contribution >= 4 is 23.3 Å². The van der Waals surface area contributed by atoms with Gasteiger partial charge in [0.1, 0.15) is 5.82 Å². The van der Waals surface area contributed by atoms with E-state index < -0.39 is 0 Å². The lowest BCUT2D eigenvalue weighted by molar-refractivity contribution is -0.139. The Morgan fingerprint density at radius 1 is 1.10 bits per heavy atom. The van der Waals surface area contributed by atoms with Gasteiger partial charge in [-0.25, -0.2) is 4.98 Å². The first kappa shape index (κ1) is 20.7. The van der Waals surface area contributed by atoms with Crippen LogP contribution in [0, 0.1) is 5.41 Å². The molecule has 1 atom stereocenters. The molecule has 3 fully saturated rings. The van der Waals surface area contributed by atoms with Crippen molar-refractivity contribution in [1.29, 1.82) is 0 Å². The Morgan fingerprint density at radius 3 is 2.68 bits per heavy atom. The minimum absolute atomic E-state index is 0.198. The smallest absolute Gasteiger partial charge is 0.230 e. The van der Waals surface area contributed by atoms with Gasteiger partial charge in [0.2, 0.25) is 5.91 Å². The Morgan fingerprint density at radius 2 is 1.94 bits per heavy atom. The van der Waals surface area contributed by atoms with Crippen LogP contribution >= 0.6 is 11.6 Å². The molecule has 1 N–H and O–H groups in total. The number of aliphatic hydroxyl groups is 1. The maximum Gasteiger partial charge on any atom is 0.230 e. The van der Waals surface area contributed by atoms with Crippen LogP contribution in [0.2, 0.25) is 5.02 Å². The molecule has 0 bridgehead atoms. The van der Waals surface area contributed by atoms with Crippen molar-refractivity contribution < 1.29 is 9.90 Å². The van der Waals surface area contributed by atoms with Crippen molar-refractivity contribution in [1.82, 2.24) is 14.9 Å². The first-order valence-corrected chi connectivity index (χ1v) is 11.7. The molecule has 7 heteroatoms. The highest BCUT2D eigenvalue weighted by Gasteiger charge is 2.51. The number of carbonyl (C=O) groups excluding carboxylic acids is 1. The summed E-state index contributed by atoms with van der Waals surface area (Å²) in [5, 5.41) is 10.4. The van der Waals surface area contributed by atoms with Gasteiger partial charge in [-0.1, -0.05) is 17.7 Å². The zero-order valence-corrected chi connectivity index (χ0v) is 18.5.